The van der Waals surface area contributed by atoms with Gasteiger partial charge in [-0.15, -0.1) is 24.0 Å². The molecule has 0 aliphatic carbocycles. The molecule has 0 saturated carbocycles. The number of halogens is 2. The fraction of sp³-hybridized carbons (Fsp3) is 0.632. The SMILES string of the molecule is CCNC(=NCCN1CCN(c2ccc(F)cc2)CC1)NC(C)(C)C.I. The third kappa shape index (κ3) is 8.07. The molecule has 0 aromatic heterocycles. The molecular weight excluding hydrogens is 444 g/mol. The van der Waals surface area contributed by atoms with Gasteiger partial charge in [-0.2, -0.15) is 0 Å². The maximum Gasteiger partial charge on any atom is 0.191 e. The van der Waals surface area contributed by atoms with Gasteiger partial charge >= 0.3 is 0 Å². The number of nitrogens with zero attached hydrogens (tertiary/aromatic N) is 3. The smallest absolute Gasteiger partial charge is 0.191 e. The van der Waals surface area contributed by atoms with Crippen molar-refractivity contribution < 1.29 is 4.39 Å². The molecule has 0 spiro atoms. The number of rotatable bonds is 5. The number of hydrogen-bond acceptors (Lipinski definition) is 3. The minimum Gasteiger partial charge on any atom is -0.369 e. The minimum absolute atomic E-state index is 0. The van der Waals surface area contributed by atoms with E-state index in [4.69, 9.17) is 0 Å². The van der Waals surface area contributed by atoms with Gasteiger partial charge in [-0.3, -0.25) is 9.89 Å². The van der Waals surface area contributed by atoms with Crippen molar-refractivity contribution in [1.82, 2.24) is 15.5 Å². The zero-order valence-electron chi connectivity index (χ0n) is 16.4. The maximum absolute atomic E-state index is 13.0. The normalized spacial score (nSPS) is 16.2. The van der Waals surface area contributed by atoms with Crippen molar-refractivity contribution in [3.8, 4) is 0 Å². The van der Waals surface area contributed by atoms with Crippen molar-refractivity contribution >= 4 is 35.6 Å². The van der Waals surface area contributed by atoms with Crippen molar-refractivity contribution in [3.63, 3.8) is 0 Å². The van der Waals surface area contributed by atoms with E-state index in [0.717, 1.165) is 57.5 Å². The van der Waals surface area contributed by atoms with Crippen LogP contribution in [0.15, 0.2) is 29.3 Å². The number of aliphatic imine (C=N–C) groups is 1. The monoisotopic (exact) mass is 477 g/mol. The summed E-state index contributed by atoms with van der Waals surface area (Å²) in [5, 5.41) is 6.70. The average Bonchev–Trinajstić information content (AvgIpc) is 2.55. The summed E-state index contributed by atoms with van der Waals surface area (Å²) in [6.07, 6.45) is 0. The molecule has 1 aromatic rings. The Morgan fingerprint density at radius 1 is 1.12 bits per heavy atom. The van der Waals surface area contributed by atoms with E-state index in [1.54, 1.807) is 0 Å². The molecule has 1 aromatic carbocycles. The molecule has 26 heavy (non-hydrogen) atoms. The van der Waals surface area contributed by atoms with Gasteiger partial charge in [0.25, 0.3) is 0 Å². The van der Waals surface area contributed by atoms with Crippen LogP contribution in [0.2, 0.25) is 0 Å². The lowest BCUT2D eigenvalue weighted by atomic mass is 10.1. The van der Waals surface area contributed by atoms with Crippen molar-refractivity contribution in [3.05, 3.63) is 30.1 Å². The van der Waals surface area contributed by atoms with E-state index in [9.17, 15) is 4.39 Å². The molecule has 0 amide bonds. The molecule has 7 heteroatoms. The molecule has 148 valence electrons. The van der Waals surface area contributed by atoms with Gasteiger partial charge in [-0.25, -0.2) is 4.39 Å². The number of piperazine rings is 1. The molecular formula is C19H33FIN5. The second-order valence-electron chi connectivity index (χ2n) is 7.44. The topological polar surface area (TPSA) is 42.9 Å². The van der Waals surface area contributed by atoms with E-state index < -0.39 is 0 Å². The number of nitrogens with one attached hydrogen (secondary N) is 2. The number of guanidine groups is 1. The van der Waals surface area contributed by atoms with E-state index in [1.165, 1.54) is 12.1 Å². The lowest BCUT2D eigenvalue weighted by molar-refractivity contribution is 0.265. The van der Waals surface area contributed by atoms with E-state index in [1.807, 2.05) is 12.1 Å². The molecule has 0 radical (unpaired) electrons. The Balaban J connectivity index is 0.00000338. The third-order valence-electron chi connectivity index (χ3n) is 4.09. The van der Waals surface area contributed by atoms with Gasteiger partial charge in [-0.1, -0.05) is 0 Å². The number of anilines is 1. The molecule has 5 nitrogen and oxygen atoms in total. The molecule has 1 heterocycles. The lowest BCUT2D eigenvalue weighted by Crippen LogP contribution is -2.49. The Hall–Kier alpha value is -1.09. The lowest BCUT2D eigenvalue weighted by Gasteiger charge is -2.36. The first-order chi connectivity index (χ1) is 11.9. The second kappa shape index (κ2) is 10.9. The summed E-state index contributed by atoms with van der Waals surface area (Å²) in [7, 11) is 0. The summed E-state index contributed by atoms with van der Waals surface area (Å²) in [5.74, 6) is 0.695. The summed E-state index contributed by atoms with van der Waals surface area (Å²) in [6.45, 7) is 15.0. The molecule has 1 aliphatic heterocycles. The van der Waals surface area contributed by atoms with Crippen LogP contribution in [-0.2, 0) is 0 Å². The molecule has 1 fully saturated rings. The van der Waals surface area contributed by atoms with Crippen LogP contribution in [0.3, 0.4) is 0 Å². The predicted molar refractivity (Wildman–Crippen MR) is 119 cm³/mol. The Kier molecular flexibility index (Phi) is 9.63. The number of benzene rings is 1. The fourth-order valence-electron chi connectivity index (χ4n) is 2.85. The van der Waals surface area contributed by atoms with Crippen molar-refractivity contribution in [2.75, 3.05) is 50.7 Å². The van der Waals surface area contributed by atoms with E-state index in [0.29, 0.717) is 0 Å². The second-order valence-corrected chi connectivity index (χ2v) is 7.44. The average molecular weight is 477 g/mol. The van der Waals surface area contributed by atoms with Crippen LogP contribution in [0.1, 0.15) is 27.7 Å². The molecule has 0 unspecified atom stereocenters. The molecule has 1 saturated heterocycles. The summed E-state index contributed by atoms with van der Waals surface area (Å²) in [6, 6.07) is 6.77. The van der Waals surface area contributed by atoms with Crippen LogP contribution in [0.25, 0.3) is 0 Å². The highest BCUT2D eigenvalue weighted by molar-refractivity contribution is 14.0. The molecule has 0 bridgehead atoms. The highest BCUT2D eigenvalue weighted by Gasteiger charge is 2.17. The highest BCUT2D eigenvalue weighted by atomic mass is 127. The van der Waals surface area contributed by atoms with E-state index >= 15 is 0 Å². The maximum atomic E-state index is 13.0. The minimum atomic E-state index is -0.180. The fourth-order valence-corrected chi connectivity index (χ4v) is 2.85. The molecule has 1 aliphatic rings. The van der Waals surface area contributed by atoms with Gasteiger partial charge < -0.3 is 15.5 Å². The van der Waals surface area contributed by atoms with Crippen LogP contribution < -0.4 is 15.5 Å². The van der Waals surface area contributed by atoms with Gasteiger partial charge in [0.15, 0.2) is 5.96 Å². The van der Waals surface area contributed by atoms with Crippen LogP contribution in [0.5, 0.6) is 0 Å². The van der Waals surface area contributed by atoms with E-state index in [2.05, 4.69) is 53.1 Å². The Labute approximate surface area is 174 Å². The quantitative estimate of drug-likeness (QED) is 0.389. The zero-order chi connectivity index (χ0) is 18.3. The standard InChI is InChI=1S/C19H32FN5.HI/c1-5-21-18(23-19(2,3)4)22-10-11-24-12-14-25(15-13-24)17-8-6-16(20)7-9-17;/h6-9H,5,10-15H2,1-4H3,(H2,21,22,23);1H. The van der Waals surface area contributed by atoms with Crippen LogP contribution in [0, 0.1) is 5.82 Å². The summed E-state index contributed by atoms with van der Waals surface area (Å²) in [4.78, 5) is 9.42. The largest absolute Gasteiger partial charge is 0.369 e. The summed E-state index contributed by atoms with van der Waals surface area (Å²) >= 11 is 0. The third-order valence-corrected chi connectivity index (χ3v) is 4.09. The number of hydrogen-bond donors (Lipinski definition) is 2. The van der Waals surface area contributed by atoms with Crippen LogP contribution >= 0.6 is 24.0 Å². The summed E-state index contributed by atoms with van der Waals surface area (Å²) < 4.78 is 13.0. The van der Waals surface area contributed by atoms with Crippen LogP contribution in [-0.4, -0.2) is 62.2 Å². The first-order valence-electron chi connectivity index (χ1n) is 9.17. The van der Waals surface area contributed by atoms with Gasteiger partial charge in [0, 0.05) is 50.5 Å². The molecule has 2 N–H and O–H groups in total. The van der Waals surface area contributed by atoms with Crippen LogP contribution in [0.4, 0.5) is 10.1 Å². The molecule has 2 rings (SSSR count). The first-order valence-corrected chi connectivity index (χ1v) is 9.17. The highest BCUT2D eigenvalue weighted by Crippen LogP contribution is 2.16. The van der Waals surface area contributed by atoms with Crippen molar-refractivity contribution in [2.24, 2.45) is 4.99 Å². The van der Waals surface area contributed by atoms with E-state index in [-0.39, 0.29) is 35.3 Å². The Morgan fingerprint density at radius 3 is 2.27 bits per heavy atom. The molecule has 0 atom stereocenters. The first kappa shape index (κ1) is 23.0. The Morgan fingerprint density at radius 2 is 1.73 bits per heavy atom. The van der Waals surface area contributed by atoms with Gasteiger partial charge in [0.05, 0.1) is 6.54 Å². The van der Waals surface area contributed by atoms with Crippen molar-refractivity contribution in [2.45, 2.75) is 33.2 Å². The Bertz CT molecular complexity index is 548. The zero-order valence-corrected chi connectivity index (χ0v) is 18.7. The van der Waals surface area contributed by atoms with Crippen molar-refractivity contribution in [1.29, 1.82) is 0 Å². The van der Waals surface area contributed by atoms with Gasteiger partial charge in [-0.05, 0) is 52.0 Å². The predicted octanol–water partition coefficient (Wildman–Crippen LogP) is 2.92. The van der Waals surface area contributed by atoms with Gasteiger partial charge in [0.1, 0.15) is 5.82 Å². The van der Waals surface area contributed by atoms with Gasteiger partial charge in [0.2, 0.25) is 0 Å². The summed E-state index contributed by atoms with van der Waals surface area (Å²) in [5.41, 5.74) is 1.10.